The molecule has 146 valence electrons. The summed E-state index contributed by atoms with van der Waals surface area (Å²) in [7, 11) is 0. The third kappa shape index (κ3) is 2.93. The topological polar surface area (TPSA) is 95.2 Å². The van der Waals surface area contributed by atoms with Gasteiger partial charge < -0.3 is 25.0 Å². The van der Waals surface area contributed by atoms with Gasteiger partial charge in [-0.2, -0.15) is 0 Å². The molecule has 0 aliphatic carbocycles. The van der Waals surface area contributed by atoms with Crippen molar-refractivity contribution in [2.45, 2.75) is 37.4 Å². The molecule has 2 aliphatic rings. The smallest absolute Gasteiger partial charge is 0.164 e. The van der Waals surface area contributed by atoms with Crippen LogP contribution in [0.15, 0.2) is 12.1 Å². The lowest BCUT2D eigenvalue weighted by Crippen LogP contribution is -2.33. The fourth-order valence-electron chi connectivity index (χ4n) is 4.03. The van der Waals surface area contributed by atoms with Crippen LogP contribution in [0.1, 0.15) is 29.4 Å². The molecular weight excluding hydrogens is 395 g/mol. The molecule has 3 N–H and O–H groups in total. The van der Waals surface area contributed by atoms with Gasteiger partial charge in [0, 0.05) is 18.5 Å². The molecule has 1 aromatic carbocycles. The number of benzene rings is 1. The van der Waals surface area contributed by atoms with Crippen LogP contribution in [-0.4, -0.2) is 64.2 Å². The Balaban J connectivity index is 1.98. The molecule has 4 atom stereocenters. The maximum atomic E-state index is 12.0. The third-order valence-corrected chi connectivity index (χ3v) is 6.07. The van der Waals surface area contributed by atoms with Crippen LogP contribution in [-0.2, 0) is 4.74 Å². The standard InChI is InChI=1S/C18H20Cl2N2O5/c19-11-5-9-10(7-23)17(21-3-1-2-4-21)22(13(9)6-12(11)20)18-16(26)15(25)14(8-24)27-18/h5-7,14-16,18,24-26H,1-4,8H2/t14-,15?,16+,18-/m1/s1. The number of hydrogen-bond donors (Lipinski definition) is 3. The van der Waals surface area contributed by atoms with E-state index in [2.05, 4.69) is 4.90 Å². The average Bonchev–Trinajstić information content (AvgIpc) is 3.34. The second-order valence-corrected chi connectivity index (χ2v) is 7.75. The van der Waals surface area contributed by atoms with Crippen LogP contribution in [0, 0.1) is 0 Å². The first-order valence-corrected chi connectivity index (χ1v) is 9.59. The summed E-state index contributed by atoms with van der Waals surface area (Å²) in [5, 5.41) is 31.4. The molecule has 0 amide bonds. The second-order valence-electron chi connectivity index (χ2n) is 6.93. The van der Waals surface area contributed by atoms with Crippen LogP contribution in [0.5, 0.6) is 0 Å². The minimum absolute atomic E-state index is 0.306. The number of hydrogen-bond acceptors (Lipinski definition) is 6. The Labute approximate surface area is 165 Å². The van der Waals surface area contributed by atoms with Gasteiger partial charge >= 0.3 is 0 Å². The van der Waals surface area contributed by atoms with E-state index in [0.29, 0.717) is 32.3 Å². The maximum Gasteiger partial charge on any atom is 0.164 e. The van der Waals surface area contributed by atoms with Crippen molar-refractivity contribution in [2.24, 2.45) is 0 Å². The Hall–Kier alpha value is -1.35. The molecule has 0 spiro atoms. The zero-order valence-corrected chi connectivity index (χ0v) is 15.9. The highest BCUT2D eigenvalue weighted by Gasteiger charge is 2.45. The van der Waals surface area contributed by atoms with Crippen molar-refractivity contribution < 1.29 is 24.9 Å². The zero-order valence-electron chi connectivity index (χ0n) is 14.4. The molecule has 27 heavy (non-hydrogen) atoms. The van der Waals surface area contributed by atoms with Gasteiger partial charge in [0.25, 0.3) is 0 Å². The summed E-state index contributed by atoms with van der Waals surface area (Å²) in [6.45, 7) is 1.08. The van der Waals surface area contributed by atoms with Crippen LogP contribution in [0.25, 0.3) is 10.9 Å². The van der Waals surface area contributed by atoms with E-state index in [1.807, 2.05) is 0 Å². The van der Waals surface area contributed by atoms with E-state index >= 15 is 0 Å². The quantitative estimate of drug-likeness (QED) is 0.662. The number of fused-ring (bicyclic) bond motifs is 1. The summed E-state index contributed by atoms with van der Waals surface area (Å²) in [5.74, 6) is 0.602. The van der Waals surface area contributed by atoms with Gasteiger partial charge in [-0.1, -0.05) is 23.2 Å². The molecule has 2 saturated heterocycles. The van der Waals surface area contributed by atoms with Gasteiger partial charge in [-0.3, -0.25) is 9.36 Å². The minimum Gasteiger partial charge on any atom is -0.394 e. The summed E-state index contributed by atoms with van der Waals surface area (Å²) < 4.78 is 7.44. The number of ether oxygens (including phenoxy) is 1. The summed E-state index contributed by atoms with van der Waals surface area (Å²) in [4.78, 5) is 14.0. The highest BCUT2D eigenvalue weighted by atomic mass is 35.5. The van der Waals surface area contributed by atoms with Crippen molar-refractivity contribution in [1.29, 1.82) is 0 Å². The van der Waals surface area contributed by atoms with E-state index in [9.17, 15) is 20.1 Å². The predicted molar refractivity (Wildman–Crippen MR) is 102 cm³/mol. The molecule has 2 aromatic rings. The summed E-state index contributed by atoms with van der Waals surface area (Å²) >= 11 is 12.4. The summed E-state index contributed by atoms with van der Waals surface area (Å²) in [6.07, 6.45) is -1.68. The van der Waals surface area contributed by atoms with Crippen LogP contribution < -0.4 is 4.90 Å². The molecule has 0 saturated carbocycles. The van der Waals surface area contributed by atoms with E-state index in [1.165, 1.54) is 0 Å². The van der Waals surface area contributed by atoms with E-state index in [4.69, 9.17) is 27.9 Å². The molecule has 2 fully saturated rings. The lowest BCUT2D eigenvalue weighted by Gasteiger charge is -2.26. The number of aliphatic hydroxyl groups excluding tert-OH is 3. The van der Waals surface area contributed by atoms with E-state index < -0.39 is 31.1 Å². The summed E-state index contributed by atoms with van der Waals surface area (Å²) in [6, 6.07) is 3.25. The number of nitrogens with zero attached hydrogens (tertiary/aromatic N) is 2. The number of rotatable bonds is 4. The van der Waals surface area contributed by atoms with Crippen LogP contribution in [0.2, 0.25) is 10.0 Å². The first-order valence-electron chi connectivity index (χ1n) is 8.83. The number of aldehydes is 1. The molecule has 1 unspecified atom stereocenters. The van der Waals surface area contributed by atoms with Gasteiger partial charge in [0.1, 0.15) is 24.1 Å². The van der Waals surface area contributed by atoms with Crippen LogP contribution in [0.3, 0.4) is 0 Å². The molecule has 7 nitrogen and oxygen atoms in total. The lowest BCUT2D eigenvalue weighted by atomic mass is 10.1. The Morgan fingerprint density at radius 2 is 1.81 bits per heavy atom. The van der Waals surface area contributed by atoms with Crippen molar-refractivity contribution in [2.75, 3.05) is 24.6 Å². The first kappa shape index (κ1) is 19.0. The number of carbonyl (C=O) groups excluding carboxylic acids is 1. The Morgan fingerprint density at radius 3 is 2.41 bits per heavy atom. The fraction of sp³-hybridized carbons (Fsp3) is 0.500. The van der Waals surface area contributed by atoms with Gasteiger partial charge in [-0.15, -0.1) is 0 Å². The van der Waals surface area contributed by atoms with Gasteiger partial charge in [-0.25, -0.2) is 0 Å². The van der Waals surface area contributed by atoms with Crippen molar-refractivity contribution in [3.8, 4) is 0 Å². The molecule has 4 rings (SSSR count). The molecule has 0 bridgehead atoms. The number of aliphatic hydroxyl groups is 3. The van der Waals surface area contributed by atoms with E-state index in [0.717, 1.165) is 32.2 Å². The van der Waals surface area contributed by atoms with Gasteiger partial charge in [0.2, 0.25) is 0 Å². The fourth-order valence-corrected chi connectivity index (χ4v) is 4.36. The Kier molecular flexibility index (Phi) is 5.09. The predicted octanol–water partition coefficient (Wildman–Crippen LogP) is 1.97. The normalized spacial score (nSPS) is 28.4. The number of halogens is 2. The number of carbonyl (C=O) groups is 1. The van der Waals surface area contributed by atoms with E-state index in [-0.39, 0.29) is 0 Å². The van der Waals surface area contributed by atoms with Crippen molar-refractivity contribution >= 4 is 46.2 Å². The third-order valence-electron chi connectivity index (χ3n) is 5.35. The molecule has 9 heteroatoms. The van der Waals surface area contributed by atoms with E-state index in [1.54, 1.807) is 16.7 Å². The Bertz CT molecular complexity index is 880. The van der Waals surface area contributed by atoms with Gasteiger partial charge in [-0.05, 0) is 25.0 Å². The lowest BCUT2D eigenvalue weighted by molar-refractivity contribution is -0.0500. The molecule has 3 heterocycles. The minimum atomic E-state index is -1.27. The molecule has 2 aliphatic heterocycles. The molecule has 0 radical (unpaired) electrons. The monoisotopic (exact) mass is 414 g/mol. The summed E-state index contributed by atoms with van der Waals surface area (Å²) in [5.41, 5.74) is 1.01. The Morgan fingerprint density at radius 1 is 1.15 bits per heavy atom. The van der Waals surface area contributed by atoms with Gasteiger partial charge in [0.05, 0.1) is 27.7 Å². The second kappa shape index (κ2) is 7.24. The zero-order chi connectivity index (χ0) is 19.3. The number of anilines is 1. The van der Waals surface area contributed by atoms with Crippen LogP contribution in [0.4, 0.5) is 5.82 Å². The first-order chi connectivity index (χ1) is 13.0. The van der Waals surface area contributed by atoms with Gasteiger partial charge in [0.15, 0.2) is 12.5 Å². The molecule has 1 aromatic heterocycles. The van der Waals surface area contributed by atoms with Crippen molar-refractivity contribution in [3.63, 3.8) is 0 Å². The highest BCUT2D eigenvalue weighted by molar-refractivity contribution is 6.43. The SMILES string of the molecule is O=Cc1c(N2CCCC2)n([C@@H]2O[C@H](CO)C(O)[C@@H]2O)c2cc(Cl)c(Cl)cc12. The van der Waals surface area contributed by atoms with Crippen molar-refractivity contribution in [1.82, 2.24) is 4.57 Å². The number of aromatic nitrogens is 1. The highest BCUT2D eigenvalue weighted by Crippen LogP contribution is 2.43. The maximum absolute atomic E-state index is 12.0. The molecular formula is C18H20Cl2N2O5. The van der Waals surface area contributed by atoms with Crippen molar-refractivity contribution in [3.05, 3.63) is 27.7 Å². The largest absolute Gasteiger partial charge is 0.394 e. The van der Waals surface area contributed by atoms with Crippen LogP contribution >= 0.6 is 23.2 Å². The average molecular weight is 415 g/mol.